The maximum absolute atomic E-state index is 12.6. The van der Waals surface area contributed by atoms with Gasteiger partial charge in [0.25, 0.3) is 21.8 Å². The number of rotatable bonds is 4. The van der Waals surface area contributed by atoms with Crippen LogP contribution in [0.1, 0.15) is 44.4 Å². The Kier molecular flexibility index (Phi) is 4.44. The van der Waals surface area contributed by atoms with E-state index in [-0.39, 0.29) is 22.4 Å². The lowest BCUT2D eigenvalue weighted by Crippen LogP contribution is -2.33. The summed E-state index contributed by atoms with van der Waals surface area (Å²) in [7, 11) is -4.12. The summed E-state index contributed by atoms with van der Waals surface area (Å²) in [5.74, 6) is -0.901. The molecule has 2 aromatic rings. The quantitative estimate of drug-likeness (QED) is 0.577. The molecule has 1 aromatic heterocycles. The number of hydrogen-bond donors (Lipinski definition) is 4. The molecule has 0 saturated carbocycles. The Bertz CT molecular complexity index is 1010. The number of hydrogen-bond acceptors (Lipinski definition) is 6. The van der Waals surface area contributed by atoms with Crippen molar-refractivity contribution in [3.8, 4) is 0 Å². The van der Waals surface area contributed by atoms with Crippen molar-refractivity contribution in [1.29, 1.82) is 0 Å². The van der Waals surface area contributed by atoms with Gasteiger partial charge in [-0.1, -0.05) is 6.07 Å². The summed E-state index contributed by atoms with van der Waals surface area (Å²) in [4.78, 5) is 24.1. The topological polar surface area (TPSA) is 133 Å². The molecule has 4 N–H and O–H groups in total. The van der Waals surface area contributed by atoms with E-state index < -0.39 is 15.9 Å². The van der Waals surface area contributed by atoms with Gasteiger partial charge in [-0.25, -0.2) is 13.1 Å². The predicted octanol–water partition coefficient (Wildman–Crippen LogP) is -0.109. The third-order valence-electron chi connectivity index (χ3n) is 4.87. The lowest BCUT2D eigenvalue weighted by Gasteiger charge is -2.17. The van der Waals surface area contributed by atoms with Crippen molar-refractivity contribution in [1.82, 2.24) is 25.6 Å². The Hall–Kier alpha value is -2.72. The number of carbonyl (C=O) groups is 2. The number of H-pyrrole nitrogens is 1. The van der Waals surface area contributed by atoms with Gasteiger partial charge in [-0.05, 0) is 43.1 Å². The fraction of sp³-hybridized carbons (Fsp3) is 0.353. The maximum Gasteiger partial charge on any atom is 0.285 e. The SMILES string of the molecule is O=C(NS(=O)(=O)c1ccc2c(c1)C(=O)NCC2)c1cc(C2CCNC2)[nH]n1. The van der Waals surface area contributed by atoms with E-state index in [0.717, 1.165) is 30.8 Å². The van der Waals surface area contributed by atoms with E-state index in [1.54, 1.807) is 12.1 Å². The maximum atomic E-state index is 12.6. The Morgan fingerprint density at radius 1 is 1.22 bits per heavy atom. The molecule has 1 atom stereocenters. The number of nitrogens with one attached hydrogen (secondary N) is 4. The van der Waals surface area contributed by atoms with Crippen LogP contribution >= 0.6 is 0 Å². The highest BCUT2D eigenvalue weighted by atomic mass is 32.2. The minimum Gasteiger partial charge on any atom is -0.352 e. The first-order valence-corrected chi connectivity index (χ1v) is 10.2. The lowest BCUT2D eigenvalue weighted by molar-refractivity contribution is 0.0944. The van der Waals surface area contributed by atoms with E-state index in [9.17, 15) is 18.0 Å². The van der Waals surface area contributed by atoms with Crippen LogP contribution in [-0.4, -0.2) is 50.1 Å². The van der Waals surface area contributed by atoms with Crippen LogP contribution in [0.2, 0.25) is 0 Å². The molecule has 2 amide bonds. The molecule has 0 bridgehead atoms. The Labute approximate surface area is 156 Å². The number of aromatic amines is 1. The van der Waals surface area contributed by atoms with Gasteiger partial charge < -0.3 is 10.6 Å². The summed E-state index contributed by atoms with van der Waals surface area (Å²) in [5.41, 5.74) is 1.91. The lowest BCUT2D eigenvalue weighted by atomic mass is 10.0. The van der Waals surface area contributed by atoms with Gasteiger partial charge in [0.1, 0.15) is 0 Å². The zero-order valence-electron chi connectivity index (χ0n) is 14.4. The van der Waals surface area contributed by atoms with Crippen molar-refractivity contribution in [2.24, 2.45) is 0 Å². The average molecular weight is 389 g/mol. The molecule has 2 aliphatic heterocycles. The van der Waals surface area contributed by atoms with Crippen molar-refractivity contribution in [2.75, 3.05) is 19.6 Å². The van der Waals surface area contributed by atoms with Crippen molar-refractivity contribution < 1.29 is 18.0 Å². The van der Waals surface area contributed by atoms with E-state index in [0.29, 0.717) is 18.5 Å². The molecule has 0 aliphatic carbocycles. The van der Waals surface area contributed by atoms with Gasteiger partial charge >= 0.3 is 0 Å². The Morgan fingerprint density at radius 3 is 2.85 bits per heavy atom. The highest BCUT2D eigenvalue weighted by molar-refractivity contribution is 7.90. The summed E-state index contributed by atoms with van der Waals surface area (Å²) < 4.78 is 27.1. The van der Waals surface area contributed by atoms with Crippen LogP contribution in [-0.2, 0) is 16.4 Å². The first kappa shape index (κ1) is 17.7. The first-order chi connectivity index (χ1) is 12.9. The Balaban J connectivity index is 1.54. The molecule has 2 aliphatic rings. The third kappa shape index (κ3) is 3.45. The molecule has 3 heterocycles. The summed E-state index contributed by atoms with van der Waals surface area (Å²) >= 11 is 0. The van der Waals surface area contributed by atoms with Crippen molar-refractivity contribution in [3.63, 3.8) is 0 Å². The second kappa shape index (κ2) is 6.78. The van der Waals surface area contributed by atoms with Crippen LogP contribution in [0, 0.1) is 0 Å². The largest absolute Gasteiger partial charge is 0.352 e. The van der Waals surface area contributed by atoms with Crippen LogP contribution in [0.3, 0.4) is 0 Å². The van der Waals surface area contributed by atoms with E-state index in [4.69, 9.17) is 0 Å². The molecule has 1 unspecified atom stereocenters. The number of nitrogens with zero attached hydrogens (tertiary/aromatic N) is 1. The second-order valence-electron chi connectivity index (χ2n) is 6.66. The molecule has 0 spiro atoms. The number of carbonyl (C=O) groups excluding carboxylic acids is 2. The standard InChI is InChI=1S/C17H19N5O4S/c23-16-13-7-12(2-1-10(13)4-6-19-16)27(25,26)22-17(24)15-8-14(20-21-15)11-3-5-18-9-11/h1-2,7-8,11,18H,3-6,9H2,(H,19,23)(H,20,21)(H,22,24). The van der Waals surface area contributed by atoms with Crippen molar-refractivity contribution in [3.05, 3.63) is 46.8 Å². The molecule has 9 nitrogen and oxygen atoms in total. The number of sulfonamides is 1. The van der Waals surface area contributed by atoms with Gasteiger partial charge in [-0.3, -0.25) is 14.7 Å². The number of fused-ring (bicyclic) bond motifs is 1. The van der Waals surface area contributed by atoms with Crippen molar-refractivity contribution >= 4 is 21.8 Å². The van der Waals surface area contributed by atoms with Crippen LogP contribution in [0.15, 0.2) is 29.2 Å². The summed E-state index contributed by atoms with van der Waals surface area (Å²) in [6.45, 7) is 2.21. The third-order valence-corrected chi connectivity index (χ3v) is 6.20. The zero-order chi connectivity index (χ0) is 19.0. The van der Waals surface area contributed by atoms with Gasteiger partial charge in [0.2, 0.25) is 0 Å². The smallest absolute Gasteiger partial charge is 0.285 e. The minimum atomic E-state index is -4.12. The van der Waals surface area contributed by atoms with E-state index >= 15 is 0 Å². The van der Waals surface area contributed by atoms with E-state index in [2.05, 4.69) is 20.8 Å². The zero-order valence-corrected chi connectivity index (χ0v) is 15.2. The summed E-state index contributed by atoms with van der Waals surface area (Å²) in [5, 5.41) is 12.6. The van der Waals surface area contributed by atoms with Gasteiger partial charge in [0.15, 0.2) is 5.69 Å². The van der Waals surface area contributed by atoms with Gasteiger partial charge in [-0.15, -0.1) is 0 Å². The molecule has 27 heavy (non-hydrogen) atoms. The Morgan fingerprint density at radius 2 is 2.07 bits per heavy atom. The van der Waals surface area contributed by atoms with Crippen molar-refractivity contribution in [2.45, 2.75) is 23.7 Å². The number of amides is 2. The normalized spacial score (nSPS) is 19.4. The summed E-state index contributed by atoms with van der Waals surface area (Å²) in [6.07, 6.45) is 1.57. The van der Waals surface area contributed by atoms with Gasteiger partial charge in [0.05, 0.1) is 4.90 Å². The first-order valence-electron chi connectivity index (χ1n) is 8.68. The van der Waals surface area contributed by atoms with E-state index in [1.165, 1.54) is 12.1 Å². The average Bonchev–Trinajstić information content (AvgIpc) is 3.33. The highest BCUT2D eigenvalue weighted by Crippen LogP contribution is 2.22. The molecule has 10 heteroatoms. The van der Waals surface area contributed by atoms with E-state index in [1.807, 2.05) is 4.72 Å². The van der Waals surface area contributed by atoms with Crippen LogP contribution in [0.4, 0.5) is 0 Å². The predicted molar refractivity (Wildman–Crippen MR) is 95.9 cm³/mol. The fourth-order valence-electron chi connectivity index (χ4n) is 3.37. The molecule has 0 radical (unpaired) electrons. The van der Waals surface area contributed by atoms with Gasteiger partial charge in [0, 0.05) is 30.3 Å². The second-order valence-corrected chi connectivity index (χ2v) is 8.34. The number of benzene rings is 1. The monoisotopic (exact) mass is 389 g/mol. The molecule has 1 aromatic carbocycles. The highest BCUT2D eigenvalue weighted by Gasteiger charge is 2.25. The van der Waals surface area contributed by atoms with Crippen LogP contribution in [0.5, 0.6) is 0 Å². The number of aromatic nitrogens is 2. The molecular weight excluding hydrogens is 370 g/mol. The molecule has 4 rings (SSSR count). The minimum absolute atomic E-state index is 0.0104. The summed E-state index contributed by atoms with van der Waals surface area (Å²) in [6, 6.07) is 5.86. The van der Waals surface area contributed by atoms with Crippen LogP contribution < -0.4 is 15.4 Å². The molecule has 1 saturated heterocycles. The molecule has 1 fully saturated rings. The van der Waals surface area contributed by atoms with Crippen LogP contribution in [0.25, 0.3) is 0 Å². The fourth-order valence-corrected chi connectivity index (χ4v) is 4.36. The van der Waals surface area contributed by atoms with Gasteiger partial charge in [-0.2, -0.15) is 5.10 Å². The molecular formula is C17H19N5O4S. The molecule has 142 valence electrons.